The second-order valence-electron chi connectivity index (χ2n) is 9.46. The Morgan fingerprint density at radius 3 is 2.05 bits per heavy atom. The van der Waals surface area contributed by atoms with Gasteiger partial charge in [-0.05, 0) is 67.4 Å². The maximum Gasteiger partial charge on any atom is 0.321 e. The van der Waals surface area contributed by atoms with E-state index in [0.29, 0.717) is 48.0 Å². The Labute approximate surface area is 227 Å². The van der Waals surface area contributed by atoms with Crippen LogP contribution in [0.4, 0.5) is 21.9 Å². The van der Waals surface area contributed by atoms with E-state index in [1.54, 1.807) is 35.2 Å². The van der Waals surface area contributed by atoms with Gasteiger partial charge in [0, 0.05) is 66.9 Å². The third kappa shape index (κ3) is 5.92. The zero-order valence-corrected chi connectivity index (χ0v) is 21.8. The first kappa shape index (κ1) is 25.6. The molecule has 9 heteroatoms. The van der Waals surface area contributed by atoms with Crippen LogP contribution in [-0.4, -0.2) is 66.9 Å². The smallest absolute Gasteiger partial charge is 0.321 e. The second-order valence-corrected chi connectivity index (χ2v) is 9.90. The predicted octanol–water partition coefficient (Wildman–Crippen LogP) is 5.18. The van der Waals surface area contributed by atoms with Crippen molar-refractivity contribution in [2.24, 2.45) is 0 Å². The van der Waals surface area contributed by atoms with Gasteiger partial charge in [0.2, 0.25) is 0 Å². The fraction of sp³-hybridized carbons (Fsp3) is 0.276. The number of amides is 4. The van der Waals surface area contributed by atoms with Gasteiger partial charge in [0.05, 0.1) is 5.56 Å². The van der Waals surface area contributed by atoms with E-state index in [-0.39, 0.29) is 17.8 Å². The van der Waals surface area contributed by atoms with Gasteiger partial charge in [-0.3, -0.25) is 9.59 Å². The first-order valence-corrected chi connectivity index (χ1v) is 13.2. The Morgan fingerprint density at radius 1 is 0.684 bits per heavy atom. The van der Waals surface area contributed by atoms with Gasteiger partial charge in [-0.15, -0.1) is 0 Å². The first-order valence-electron chi connectivity index (χ1n) is 12.8. The molecule has 2 saturated heterocycles. The van der Waals surface area contributed by atoms with E-state index in [4.69, 9.17) is 11.6 Å². The number of urea groups is 1. The third-order valence-electron chi connectivity index (χ3n) is 6.92. The van der Waals surface area contributed by atoms with Crippen molar-refractivity contribution in [1.29, 1.82) is 0 Å². The van der Waals surface area contributed by atoms with Gasteiger partial charge in [0.15, 0.2) is 0 Å². The highest BCUT2D eigenvalue weighted by Gasteiger charge is 2.27. The molecule has 8 nitrogen and oxygen atoms in total. The van der Waals surface area contributed by atoms with Crippen LogP contribution in [-0.2, 0) is 0 Å². The molecular formula is C29H30ClN5O3. The number of benzene rings is 3. The van der Waals surface area contributed by atoms with Crippen LogP contribution < -0.4 is 15.5 Å². The SMILES string of the molecule is O=C(Nc1ccc(N2CCN(C(=O)Nc3ccccc3)CC2)c(C(=O)N2CCCC2)c1)c1ccc(Cl)cc1. The van der Waals surface area contributed by atoms with Crippen molar-refractivity contribution in [3.8, 4) is 0 Å². The number of likely N-dealkylation sites (tertiary alicyclic amines) is 1. The lowest BCUT2D eigenvalue weighted by molar-refractivity contribution is 0.0792. The van der Waals surface area contributed by atoms with Crippen molar-refractivity contribution in [2.45, 2.75) is 12.8 Å². The summed E-state index contributed by atoms with van der Waals surface area (Å²) >= 11 is 5.94. The maximum atomic E-state index is 13.5. The minimum Gasteiger partial charge on any atom is -0.367 e. The van der Waals surface area contributed by atoms with Crippen LogP contribution in [0.1, 0.15) is 33.6 Å². The Morgan fingerprint density at radius 2 is 1.37 bits per heavy atom. The average Bonchev–Trinajstić information content (AvgIpc) is 3.49. The predicted molar refractivity (Wildman–Crippen MR) is 150 cm³/mol. The van der Waals surface area contributed by atoms with Crippen LogP contribution in [0.2, 0.25) is 5.02 Å². The molecule has 196 valence electrons. The maximum absolute atomic E-state index is 13.5. The number of hydrogen-bond acceptors (Lipinski definition) is 4. The van der Waals surface area contributed by atoms with Crippen LogP contribution in [0.25, 0.3) is 0 Å². The van der Waals surface area contributed by atoms with E-state index in [1.807, 2.05) is 47.4 Å². The highest BCUT2D eigenvalue weighted by molar-refractivity contribution is 6.30. The van der Waals surface area contributed by atoms with Crippen molar-refractivity contribution in [1.82, 2.24) is 9.80 Å². The summed E-state index contributed by atoms with van der Waals surface area (Å²) in [5, 5.41) is 6.40. The Hall–Kier alpha value is -4.04. The molecule has 5 rings (SSSR count). The van der Waals surface area contributed by atoms with Gasteiger partial charge in [-0.25, -0.2) is 4.79 Å². The number of anilines is 3. The Balaban J connectivity index is 1.31. The van der Waals surface area contributed by atoms with Crippen molar-refractivity contribution >= 4 is 46.5 Å². The van der Waals surface area contributed by atoms with Gasteiger partial charge < -0.3 is 25.3 Å². The lowest BCUT2D eigenvalue weighted by atomic mass is 10.1. The van der Waals surface area contributed by atoms with E-state index in [0.717, 1.165) is 37.3 Å². The molecule has 2 aliphatic heterocycles. The summed E-state index contributed by atoms with van der Waals surface area (Å²) < 4.78 is 0. The minimum absolute atomic E-state index is 0.0376. The number of nitrogens with one attached hydrogen (secondary N) is 2. The largest absolute Gasteiger partial charge is 0.367 e. The monoisotopic (exact) mass is 531 g/mol. The summed E-state index contributed by atoms with van der Waals surface area (Å²) in [6.07, 6.45) is 1.98. The van der Waals surface area contributed by atoms with E-state index in [2.05, 4.69) is 15.5 Å². The van der Waals surface area contributed by atoms with Crippen molar-refractivity contribution in [3.63, 3.8) is 0 Å². The normalized spacial score (nSPS) is 15.3. The molecule has 2 aliphatic rings. The summed E-state index contributed by atoms with van der Waals surface area (Å²) in [5.74, 6) is -0.309. The van der Waals surface area contributed by atoms with Crippen molar-refractivity contribution in [2.75, 3.05) is 54.8 Å². The first-order chi connectivity index (χ1) is 18.5. The summed E-state index contributed by atoms with van der Waals surface area (Å²) in [5.41, 5.74) is 3.17. The van der Waals surface area contributed by atoms with Crippen LogP contribution in [0.5, 0.6) is 0 Å². The van der Waals surface area contributed by atoms with Crippen LogP contribution in [0, 0.1) is 0 Å². The highest BCUT2D eigenvalue weighted by Crippen LogP contribution is 2.29. The van der Waals surface area contributed by atoms with Gasteiger partial charge in [0.1, 0.15) is 0 Å². The molecule has 2 fully saturated rings. The fourth-order valence-electron chi connectivity index (χ4n) is 4.83. The summed E-state index contributed by atoms with van der Waals surface area (Å²) in [6.45, 7) is 3.72. The number of carbonyl (C=O) groups excluding carboxylic acids is 3. The zero-order valence-electron chi connectivity index (χ0n) is 21.0. The minimum atomic E-state index is -0.271. The van der Waals surface area contributed by atoms with Crippen LogP contribution >= 0.6 is 11.6 Å². The fourth-order valence-corrected chi connectivity index (χ4v) is 4.96. The lowest BCUT2D eigenvalue weighted by Gasteiger charge is -2.37. The van der Waals surface area contributed by atoms with E-state index in [9.17, 15) is 14.4 Å². The average molecular weight is 532 g/mol. The lowest BCUT2D eigenvalue weighted by Crippen LogP contribution is -2.50. The molecule has 2 N–H and O–H groups in total. The summed E-state index contributed by atoms with van der Waals surface area (Å²) in [4.78, 5) is 44.8. The Bertz CT molecular complexity index is 1300. The van der Waals surface area contributed by atoms with Crippen molar-refractivity contribution in [3.05, 3.63) is 88.9 Å². The number of rotatable bonds is 5. The Kier molecular flexibility index (Phi) is 7.79. The topological polar surface area (TPSA) is 85.0 Å². The van der Waals surface area contributed by atoms with Crippen molar-refractivity contribution < 1.29 is 14.4 Å². The van der Waals surface area contributed by atoms with E-state index < -0.39 is 0 Å². The molecular weight excluding hydrogens is 502 g/mol. The zero-order chi connectivity index (χ0) is 26.5. The molecule has 3 aromatic rings. The highest BCUT2D eigenvalue weighted by atomic mass is 35.5. The molecule has 0 aromatic heterocycles. The standard InChI is InChI=1S/C29H30ClN5O3/c30-22-10-8-21(9-11-22)27(36)31-24-12-13-26(25(20-24)28(37)34-14-4-5-15-34)33-16-18-35(19-17-33)29(38)32-23-6-2-1-3-7-23/h1-3,6-13,20H,4-5,14-19H2,(H,31,36)(H,32,38). The molecule has 0 atom stereocenters. The molecule has 0 spiro atoms. The van der Waals surface area contributed by atoms with Gasteiger partial charge in [-0.2, -0.15) is 0 Å². The number of hydrogen-bond donors (Lipinski definition) is 2. The number of para-hydroxylation sites is 1. The number of nitrogens with zero attached hydrogens (tertiary/aromatic N) is 3. The number of halogens is 1. The summed E-state index contributed by atoms with van der Waals surface area (Å²) in [6, 6.07) is 21.4. The second kappa shape index (κ2) is 11.6. The van der Waals surface area contributed by atoms with E-state index >= 15 is 0 Å². The van der Waals surface area contributed by atoms with Gasteiger partial charge in [-0.1, -0.05) is 29.8 Å². The molecule has 0 bridgehead atoms. The molecule has 0 saturated carbocycles. The molecule has 38 heavy (non-hydrogen) atoms. The van der Waals surface area contributed by atoms with Gasteiger partial charge >= 0.3 is 6.03 Å². The molecule has 4 amide bonds. The molecule has 0 aliphatic carbocycles. The van der Waals surface area contributed by atoms with E-state index in [1.165, 1.54) is 0 Å². The molecule has 3 aromatic carbocycles. The number of carbonyl (C=O) groups is 3. The molecule has 0 radical (unpaired) electrons. The third-order valence-corrected chi connectivity index (χ3v) is 7.17. The van der Waals surface area contributed by atoms with Crippen LogP contribution in [0.15, 0.2) is 72.8 Å². The summed E-state index contributed by atoms with van der Waals surface area (Å²) in [7, 11) is 0. The van der Waals surface area contributed by atoms with Gasteiger partial charge in [0.25, 0.3) is 11.8 Å². The molecule has 0 unspecified atom stereocenters. The number of piperazine rings is 1. The quantitative estimate of drug-likeness (QED) is 0.475. The molecule has 2 heterocycles. The van der Waals surface area contributed by atoms with Crippen LogP contribution in [0.3, 0.4) is 0 Å².